The number of rotatable bonds is 6. The van der Waals surface area contributed by atoms with Crippen LogP contribution in [0.1, 0.15) is 58.8 Å². The van der Waals surface area contributed by atoms with E-state index in [1.54, 1.807) is 0 Å². The monoisotopic (exact) mass is 310 g/mol. The molecule has 0 spiro atoms. The quantitative estimate of drug-likeness (QED) is 0.804. The predicted octanol–water partition coefficient (Wildman–Crippen LogP) is 3.76. The smallest absolute Gasteiger partial charge is 0.0172 e. The second kappa shape index (κ2) is 7.23. The Labute approximate surface area is 135 Å². The summed E-state index contributed by atoms with van der Waals surface area (Å²) in [5, 5.41) is 4.75. The van der Waals surface area contributed by atoms with Crippen LogP contribution >= 0.6 is 11.8 Å². The number of nitrogens with zero attached hydrogens (tertiary/aromatic N) is 1. The van der Waals surface area contributed by atoms with Crippen LogP contribution in [0.25, 0.3) is 0 Å². The van der Waals surface area contributed by atoms with Crippen LogP contribution in [0.5, 0.6) is 0 Å². The summed E-state index contributed by atoms with van der Waals surface area (Å²) < 4.78 is 0. The van der Waals surface area contributed by atoms with Gasteiger partial charge in [0.15, 0.2) is 0 Å². The minimum Gasteiger partial charge on any atom is -0.313 e. The van der Waals surface area contributed by atoms with Crippen LogP contribution in [-0.2, 0) is 0 Å². The first-order valence-electron chi connectivity index (χ1n) is 9.26. The molecule has 0 aromatic carbocycles. The Kier molecular flexibility index (Phi) is 5.55. The van der Waals surface area contributed by atoms with Crippen molar-refractivity contribution in [2.75, 3.05) is 31.9 Å². The molecule has 3 atom stereocenters. The average molecular weight is 311 g/mol. The van der Waals surface area contributed by atoms with Gasteiger partial charge in [0.2, 0.25) is 0 Å². The van der Waals surface area contributed by atoms with Crippen molar-refractivity contribution in [2.45, 2.75) is 70.1 Å². The van der Waals surface area contributed by atoms with Gasteiger partial charge in [-0.05, 0) is 43.4 Å². The molecule has 1 aliphatic heterocycles. The van der Waals surface area contributed by atoms with Gasteiger partial charge in [0.05, 0.1) is 0 Å². The van der Waals surface area contributed by atoms with Gasteiger partial charge in [0, 0.05) is 43.2 Å². The third-order valence-corrected chi connectivity index (χ3v) is 7.14. The lowest BCUT2D eigenvalue weighted by Crippen LogP contribution is -2.50. The van der Waals surface area contributed by atoms with Crippen LogP contribution < -0.4 is 5.32 Å². The van der Waals surface area contributed by atoms with Gasteiger partial charge < -0.3 is 10.2 Å². The summed E-state index contributed by atoms with van der Waals surface area (Å²) in [4.78, 5) is 2.80. The fraction of sp³-hybridized carbons (Fsp3) is 1.00. The Balaban J connectivity index is 1.60. The minimum atomic E-state index is 0.570. The molecule has 122 valence electrons. The molecule has 3 heteroatoms. The molecule has 2 aliphatic carbocycles. The molecule has 1 heterocycles. The molecule has 1 saturated heterocycles. The normalized spacial score (nSPS) is 38.6. The molecule has 0 amide bonds. The van der Waals surface area contributed by atoms with Crippen molar-refractivity contribution in [3.05, 3.63) is 0 Å². The van der Waals surface area contributed by atoms with E-state index >= 15 is 0 Å². The molecule has 3 unspecified atom stereocenters. The maximum Gasteiger partial charge on any atom is 0.0172 e. The van der Waals surface area contributed by atoms with E-state index in [0.717, 1.165) is 17.2 Å². The number of hydrogen-bond donors (Lipinski definition) is 1. The van der Waals surface area contributed by atoms with E-state index in [0.29, 0.717) is 5.41 Å². The van der Waals surface area contributed by atoms with Crippen molar-refractivity contribution in [3.8, 4) is 0 Å². The maximum atomic E-state index is 3.87. The molecule has 2 nitrogen and oxygen atoms in total. The largest absolute Gasteiger partial charge is 0.313 e. The maximum absolute atomic E-state index is 3.87. The topological polar surface area (TPSA) is 15.3 Å². The van der Waals surface area contributed by atoms with Gasteiger partial charge in [-0.1, -0.05) is 26.7 Å². The second-order valence-electron chi connectivity index (χ2n) is 7.99. The first-order valence-corrected chi connectivity index (χ1v) is 10.3. The van der Waals surface area contributed by atoms with Gasteiger partial charge in [0.1, 0.15) is 0 Å². The van der Waals surface area contributed by atoms with E-state index in [1.807, 2.05) is 0 Å². The number of nitrogens with one attached hydrogen (secondary N) is 1. The molecular formula is C18H34N2S. The highest BCUT2D eigenvalue weighted by Gasteiger charge is 2.38. The first-order chi connectivity index (χ1) is 10.2. The zero-order chi connectivity index (χ0) is 14.7. The summed E-state index contributed by atoms with van der Waals surface area (Å²) in [5.74, 6) is 2.28. The van der Waals surface area contributed by atoms with Gasteiger partial charge in [0.25, 0.3) is 0 Å². The summed E-state index contributed by atoms with van der Waals surface area (Å²) in [6.07, 6.45) is 10.00. The number of thioether (sulfide) groups is 1. The average Bonchev–Trinajstić information content (AvgIpc) is 3.30. The summed E-state index contributed by atoms with van der Waals surface area (Å²) >= 11 is 2.20. The van der Waals surface area contributed by atoms with E-state index < -0.39 is 0 Å². The Bertz CT molecular complexity index is 331. The van der Waals surface area contributed by atoms with Crippen LogP contribution in [0, 0.1) is 11.3 Å². The molecule has 1 N–H and O–H groups in total. The molecule has 3 rings (SSSR count). The van der Waals surface area contributed by atoms with Crippen LogP contribution in [0.2, 0.25) is 0 Å². The fourth-order valence-electron chi connectivity index (χ4n) is 4.42. The Hall–Kier alpha value is 0.270. The Morgan fingerprint density at radius 2 is 2.14 bits per heavy atom. The molecule has 0 bridgehead atoms. The SMILES string of the molecule is CCC1CN(CC2(CNC3CC3)CCCC(C)C2)CCS1. The van der Waals surface area contributed by atoms with Crippen LogP contribution in [0.3, 0.4) is 0 Å². The molecular weight excluding hydrogens is 276 g/mol. The van der Waals surface area contributed by atoms with E-state index in [4.69, 9.17) is 0 Å². The lowest BCUT2D eigenvalue weighted by molar-refractivity contribution is 0.0809. The van der Waals surface area contributed by atoms with Crippen molar-refractivity contribution >= 4 is 11.8 Å². The molecule has 0 aromatic rings. The van der Waals surface area contributed by atoms with Crippen LogP contribution in [0.4, 0.5) is 0 Å². The molecule has 0 aromatic heterocycles. The third kappa shape index (κ3) is 4.62. The van der Waals surface area contributed by atoms with Crippen molar-refractivity contribution in [1.29, 1.82) is 0 Å². The highest BCUT2D eigenvalue weighted by molar-refractivity contribution is 8.00. The third-order valence-electron chi connectivity index (χ3n) is 5.77. The lowest BCUT2D eigenvalue weighted by atomic mass is 9.69. The molecule has 2 saturated carbocycles. The van der Waals surface area contributed by atoms with Crippen LogP contribution in [0.15, 0.2) is 0 Å². The molecule has 21 heavy (non-hydrogen) atoms. The fourth-order valence-corrected chi connectivity index (χ4v) is 5.67. The van der Waals surface area contributed by atoms with Crippen molar-refractivity contribution in [3.63, 3.8) is 0 Å². The zero-order valence-corrected chi connectivity index (χ0v) is 14.9. The van der Waals surface area contributed by atoms with Gasteiger partial charge in [-0.2, -0.15) is 11.8 Å². The van der Waals surface area contributed by atoms with E-state index in [-0.39, 0.29) is 0 Å². The Morgan fingerprint density at radius 1 is 1.29 bits per heavy atom. The van der Waals surface area contributed by atoms with Crippen molar-refractivity contribution in [1.82, 2.24) is 10.2 Å². The van der Waals surface area contributed by atoms with Gasteiger partial charge >= 0.3 is 0 Å². The Morgan fingerprint density at radius 3 is 2.86 bits per heavy atom. The van der Waals surface area contributed by atoms with Crippen LogP contribution in [-0.4, -0.2) is 48.1 Å². The standard InChI is InChI=1S/C18H34N2S/c1-3-17-12-20(9-10-21-17)14-18(13-19-16-6-7-16)8-4-5-15(2)11-18/h15-17,19H,3-14H2,1-2H3. The highest BCUT2D eigenvalue weighted by atomic mass is 32.2. The van der Waals surface area contributed by atoms with Gasteiger partial charge in [-0.15, -0.1) is 0 Å². The summed E-state index contributed by atoms with van der Waals surface area (Å²) in [6, 6.07) is 0.861. The van der Waals surface area contributed by atoms with E-state index in [1.165, 1.54) is 76.9 Å². The highest BCUT2D eigenvalue weighted by Crippen LogP contribution is 2.41. The molecule has 0 radical (unpaired) electrons. The predicted molar refractivity (Wildman–Crippen MR) is 94.1 cm³/mol. The van der Waals surface area contributed by atoms with Gasteiger partial charge in [-0.3, -0.25) is 0 Å². The summed E-state index contributed by atoms with van der Waals surface area (Å²) in [7, 11) is 0. The molecule has 3 aliphatic rings. The zero-order valence-electron chi connectivity index (χ0n) is 14.1. The summed E-state index contributed by atoms with van der Waals surface area (Å²) in [5.41, 5.74) is 0.570. The van der Waals surface area contributed by atoms with Gasteiger partial charge in [-0.25, -0.2) is 0 Å². The van der Waals surface area contributed by atoms with E-state index in [2.05, 4.69) is 35.8 Å². The minimum absolute atomic E-state index is 0.570. The van der Waals surface area contributed by atoms with Crippen molar-refractivity contribution in [2.24, 2.45) is 11.3 Å². The summed E-state index contributed by atoms with van der Waals surface area (Å²) in [6.45, 7) is 10.1. The van der Waals surface area contributed by atoms with Crippen molar-refractivity contribution < 1.29 is 0 Å². The number of hydrogen-bond acceptors (Lipinski definition) is 3. The van der Waals surface area contributed by atoms with E-state index in [9.17, 15) is 0 Å². The molecule has 3 fully saturated rings. The lowest BCUT2D eigenvalue weighted by Gasteiger charge is -2.45. The first kappa shape index (κ1) is 16.1. The second-order valence-corrected chi connectivity index (χ2v) is 9.40.